The molecule has 2 aliphatic heterocycles. The molecule has 12 heteroatoms. The molecule has 1 aromatic rings. The van der Waals surface area contributed by atoms with Crippen LogP contribution in [0.2, 0.25) is 0 Å². The van der Waals surface area contributed by atoms with E-state index in [1.54, 1.807) is 30.3 Å². The van der Waals surface area contributed by atoms with E-state index in [0.717, 1.165) is 0 Å². The molecule has 0 aliphatic carbocycles. The number of methoxy groups -OCH3 is 1. The van der Waals surface area contributed by atoms with Gasteiger partial charge in [0.05, 0.1) is 24.5 Å². The smallest absolute Gasteiger partial charge is 0.354 e. The van der Waals surface area contributed by atoms with Crippen LogP contribution >= 0.6 is 11.8 Å². The molecular formula is C17H17N5O5S2. The zero-order valence-corrected chi connectivity index (χ0v) is 16.9. The quantitative estimate of drug-likeness (QED) is 0.222. The topological polar surface area (TPSA) is 142 Å². The molecular weight excluding hydrogens is 418 g/mol. The van der Waals surface area contributed by atoms with Crippen molar-refractivity contribution in [3.05, 3.63) is 52.0 Å². The lowest BCUT2D eigenvalue weighted by atomic mass is 10.0. The fraction of sp³-hybridized carbons (Fsp3) is 0.353. The van der Waals surface area contributed by atoms with Gasteiger partial charge < -0.3 is 10.1 Å². The highest BCUT2D eigenvalue weighted by atomic mass is 32.2. The van der Waals surface area contributed by atoms with Crippen LogP contribution in [0, 0.1) is 0 Å². The van der Waals surface area contributed by atoms with Crippen molar-refractivity contribution in [1.29, 1.82) is 0 Å². The highest BCUT2D eigenvalue weighted by Crippen LogP contribution is 2.40. The van der Waals surface area contributed by atoms with Gasteiger partial charge in [0.25, 0.3) is 5.91 Å². The van der Waals surface area contributed by atoms with Gasteiger partial charge in [-0.3, -0.25) is 18.7 Å². The number of rotatable bonds is 7. The van der Waals surface area contributed by atoms with Crippen LogP contribution < -0.4 is 5.32 Å². The number of hydrogen-bond donors (Lipinski definition) is 1. The molecule has 1 N–H and O–H groups in total. The lowest BCUT2D eigenvalue weighted by Gasteiger charge is -2.49. The van der Waals surface area contributed by atoms with Crippen molar-refractivity contribution in [3.63, 3.8) is 0 Å². The Labute approximate surface area is 172 Å². The molecule has 2 unspecified atom stereocenters. The van der Waals surface area contributed by atoms with Crippen molar-refractivity contribution >= 4 is 40.3 Å². The summed E-state index contributed by atoms with van der Waals surface area (Å²) in [6.07, 6.45) is 0. The van der Waals surface area contributed by atoms with E-state index in [0.29, 0.717) is 16.2 Å². The number of nitrogens with zero attached hydrogens (tertiary/aromatic N) is 4. The van der Waals surface area contributed by atoms with E-state index in [4.69, 9.17) is 10.3 Å². The average molecular weight is 435 g/mol. The van der Waals surface area contributed by atoms with E-state index in [2.05, 4.69) is 15.3 Å². The lowest BCUT2D eigenvalue weighted by molar-refractivity contribution is -0.151. The van der Waals surface area contributed by atoms with Crippen LogP contribution in [0.25, 0.3) is 10.4 Å². The van der Waals surface area contributed by atoms with Crippen LogP contribution in [0.5, 0.6) is 0 Å². The Balaban J connectivity index is 1.69. The number of benzene rings is 1. The van der Waals surface area contributed by atoms with Gasteiger partial charge in [-0.05, 0) is 23.2 Å². The molecule has 0 aromatic heterocycles. The number of nitrogens with one attached hydrogen (secondary N) is 1. The first kappa shape index (κ1) is 20.9. The summed E-state index contributed by atoms with van der Waals surface area (Å²) in [5.41, 5.74) is 9.05. The molecule has 2 heterocycles. The summed E-state index contributed by atoms with van der Waals surface area (Å²) < 4.78 is 17.0. The standard InChI is InChI=1S/C17H17N5O5S2/c1-27-17(25)14-10(7-19-21-18)8-28-16-13(15(24)22(14)16)20-12(23)9-29(26)11-5-3-2-4-6-11/h2-6,13,16H,7-9H2,1H3,(H,20,23)/t13?,16-,29?/m1/s1. The van der Waals surface area contributed by atoms with Crippen molar-refractivity contribution in [3.8, 4) is 0 Å². The van der Waals surface area contributed by atoms with Gasteiger partial charge >= 0.3 is 5.97 Å². The number of fused-ring (bicyclic) bond motifs is 1. The Morgan fingerprint density at radius 2 is 2.14 bits per heavy atom. The first-order valence-corrected chi connectivity index (χ1v) is 10.8. The van der Waals surface area contributed by atoms with E-state index < -0.39 is 40.0 Å². The van der Waals surface area contributed by atoms with Crippen molar-refractivity contribution in [1.82, 2.24) is 10.2 Å². The summed E-state index contributed by atoms with van der Waals surface area (Å²) in [5, 5.41) is 5.58. The number of carbonyl (C=O) groups is 3. The number of carbonyl (C=O) groups excluding carboxylic acids is 3. The normalized spacial score (nSPS) is 21.4. The molecule has 1 saturated heterocycles. The van der Waals surface area contributed by atoms with E-state index in [1.165, 1.54) is 23.8 Å². The maximum absolute atomic E-state index is 12.6. The number of β-lactam (4-membered cyclic amide) rings is 1. The Bertz CT molecular complexity index is 945. The number of ether oxygens (including phenoxy) is 1. The predicted octanol–water partition coefficient (Wildman–Crippen LogP) is 0.931. The summed E-state index contributed by atoms with van der Waals surface area (Å²) >= 11 is 1.34. The zero-order chi connectivity index (χ0) is 21.0. The Morgan fingerprint density at radius 3 is 2.79 bits per heavy atom. The van der Waals surface area contributed by atoms with Crippen LogP contribution in [0.1, 0.15) is 0 Å². The maximum atomic E-state index is 12.6. The molecule has 1 fully saturated rings. The predicted molar refractivity (Wildman–Crippen MR) is 106 cm³/mol. The van der Waals surface area contributed by atoms with Gasteiger partial charge in [0, 0.05) is 15.6 Å². The van der Waals surface area contributed by atoms with Crippen LogP contribution in [-0.2, 0) is 29.9 Å². The number of thioether (sulfide) groups is 1. The minimum Gasteiger partial charge on any atom is -0.464 e. The Morgan fingerprint density at radius 1 is 1.41 bits per heavy atom. The van der Waals surface area contributed by atoms with E-state index in [-0.39, 0.29) is 18.0 Å². The van der Waals surface area contributed by atoms with E-state index in [9.17, 15) is 18.6 Å². The molecule has 10 nitrogen and oxygen atoms in total. The van der Waals surface area contributed by atoms with Crippen LogP contribution in [-0.4, -0.2) is 63.5 Å². The molecule has 3 rings (SSSR count). The monoisotopic (exact) mass is 435 g/mol. The van der Waals surface area contributed by atoms with Gasteiger partial charge in [-0.25, -0.2) is 4.79 Å². The van der Waals surface area contributed by atoms with Crippen LogP contribution in [0.3, 0.4) is 0 Å². The lowest BCUT2D eigenvalue weighted by Crippen LogP contribution is -2.71. The van der Waals surface area contributed by atoms with Crippen LogP contribution in [0.4, 0.5) is 0 Å². The highest BCUT2D eigenvalue weighted by Gasteiger charge is 2.54. The van der Waals surface area contributed by atoms with E-state index >= 15 is 0 Å². The van der Waals surface area contributed by atoms with Crippen molar-refractivity contribution < 1.29 is 23.3 Å². The summed E-state index contributed by atoms with van der Waals surface area (Å²) in [4.78, 5) is 41.5. The van der Waals surface area contributed by atoms with Crippen molar-refractivity contribution in [2.75, 3.05) is 25.2 Å². The summed E-state index contributed by atoms with van der Waals surface area (Å²) in [5.74, 6) is -1.62. The molecule has 152 valence electrons. The minimum absolute atomic E-state index is 0.0482. The van der Waals surface area contributed by atoms with Gasteiger partial charge in [-0.1, -0.05) is 23.3 Å². The van der Waals surface area contributed by atoms with E-state index in [1.807, 2.05) is 0 Å². The SMILES string of the molecule is COC(=O)C1=C(CN=[N+]=[N-])CS[C@@H]2C(NC(=O)CS(=O)c3ccccc3)C(=O)N12. The molecule has 2 amide bonds. The van der Waals surface area contributed by atoms with Gasteiger partial charge in [0.2, 0.25) is 5.91 Å². The minimum atomic E-state index is -1.53. The second-order valence-electron chi connectivity index (χ2n) is 6.09. The molecule has 2 aliphatic rings. The van der Waals surface area contributed by atoms with Crippen LogP contribution in [0.15, 0.2) is 51.6 Å². The zero-order valence-electron chi connectivity index (χ0n) is 15.3. The maximum Gasteiger partial charge on any atom is 0.354 e. The summed E-state index contributed by atoms with van der Waals surface area (Å²) in [7, 11) is -0.334. The molecule has 3 atom stereocenters. The Hall–Kier alpha value is -2.82. The molecule has 0 bridgehead atoms. The number of amides is 2. The van der Waals surface area contributed by atoms with Gasteiger partial charge in [0.15, 0.2) is 0 Å². The molecule has 1 aromatic carbocycles. The van der Waals surface area contributed by atoms with Gasteiger partial charge in [0.1, 0.15) is 22.9 Å². The number of azide groups is 1. The van der Waals surface area contributed by atoms with Crippen molar-refractivity contribution in [2.24, 2.45) is 5.11 Å². The van der Waals surface area contributed by atoms with Gasteiger partial charge in [-0.2, -0.15) is 0 Å². The molecule has 0 saturated carbocycles. The summed E-state index contributed by atoms with van der Waals surface area (Å²) in [6.45, 7) is -0.0580. The fourth-order valence-electron chi connectivity index (χ4n) is 3.00. The number of hydrogen-bond acceptors (Lipinski definition) is 7. The first-order chi connectivity index (χ1) is 14.0. The fourth-order valence-corrected chi connectivity index (χ4v) is 5.28. The third-order valence-electron chi connectivity index (χ3n) is 4.34. The molecule has 29 heavy (non-hydrogen) atoms. The first-order valence-electron chi connectivity index (χ1n) is 8.46. The third kappa shape index (κ3) is 4.29. The van der Waals surface area contributed by atoms with Crippen molar-refractivity contribution in [2.45, 2.75) is 16.3 Å². The summed E-state index contributed by atoms with van der Waals surface area (Å²) in [6, 6.07) is 7.73. The molecule has 0 spiro atoms. The third-order valence-corrected chi connectivity index (χ3v) is 7.00. The average Bonchev–Trinajstić information content (AvgIpc) is 2.75. The number of esters is 1. The largest absolute Gasteiger partial charge is 0.464 e. The highest BCUT2D eigenvalue weighted by molar-refractivity contribution is 8.00. The second kappa shape index (κ2) is 9.12. The Kier molecular flexibility index (Phi) is 6.57. The second-order valence-corrected chi connectivity index (χ2v) is 8.65. The van der Waals surface area contributed by atoms with Gasteiger partial charge in [-0.15, -0.1) is 11.8 Å². The molecule has 0 radical (unpaired) electrons.